The number of rotatable bonds is 4. The molecule has 0 atom stereocenters. The van der Waals surface area contributed by atoms with E-state index in [0.717, 1.165) is 5.56 Å². The minimum atomic E-state index is -0.353. The molecule has 0 N–H and O–H groups in total. The molecule has 15 heavy (non-hydrogen) atoms. The minimum Gasteiger partial charge on any atom is -0.461 e. The first kappa shape index (κ1) is 11.5. The molecular weight excluding hydrogens is 222 g/mol. The van der Waals surface area contributed by atoms with E-state index in [1.54, 1.807) is 12.1 Å². The van der Waals surface area contributed by atoms with Gasteiger partial charge in [0.2, 0.25) is 11.9 Å². The molecule has 0 aliphatic heterocycles. The van der Waals surface area contributed by atoms with Crippen LogP contribution in [0.3, 0.4) is 0 Å². The molecule has 0 radical (unpaired) electrons. The summed E-state index contributed by atoms with van der Waals surface area (Å²) in [6, 6.07) is 6.29. The Balaban J connectivity index is 2.64. The Labute approximate surface area is 91.2 Å². The van der Waals surface area contributed by atoms with Gasteiger partial charge in [0, 0.05) is 19.1 Å². The van der Waals surface area contributed by atoms with Crippen LogP contribution in [0.25, 0.3) is 0 Å². The molecule has 0 aliphatic rings. The molecule has 0 amide bonds. The molecule has 80 valence electrons. The molecule has 0 aromatic heterocycles. The van der Waals surface area contributed by atoms with Crippen molar-refractivity contribution in [3.05, 3.63) is 34.7 Å². The molecule has 0 heterocycles. The van der Waals surface area contributed by atoms with Gasteiger partial charge in [0.25, 0.3) is 4.92 Å². The fourth-order valence-corrected chi connectivity index (χ4v) is 1.02. The molecule has 0 spiro atoms. The first-order valence-corrected chi connectivity index (χ1v) is 4.42. The van der Waals surface area contributed by atoms with Gasteiger partial charge in [-0.1, -0.05) is 4.39 Å². The fraction of sp³-hybridized carbons (Fsp3) is 0.222. The highest BCUT2D eigenvalue weighted by Crippen LogP contribution is 2.14. The van der Waals surface area contributed by atoms with Crippen molar-refractivity contribution in [1.29, 1.82) is 0 Å². The molecule has 1 rings (SSSR count). The standard InChI is InChI=1S/C9H9ClNO4/c1-7(12)14-6-8-2-4-9(5-3-8)11(13)15-10/h2-5H,6H2,1H3/q+1. The number of hydrogen-bond acceptors (Lipinski definition) is 4. The number of carbonyl (C=O) groups is 1. The Kier molecular flexibility index (Phi) is 4.05. The maximum atomic E-state index is 10.9. The molecular formula is C9H9ClNO4+. The van der Waals surface area contributed by atoms with E-state index in [9.17, 15) is 9.70 Å². The van der Waals surface area contributed by atoms with Crippen molar-refractivity contribution in [3.8, 4) is 0 Å². The van der Waals surface area contributed by atoms with E-state index in [2.05, 4.69) is 4.39 Å². The Bertz CT molecular complexity index is 363. The third kappa shape index (κ3) is 3.55. The average Bonchev–Trinajstić information content (AvgIpc) is 2.26. The molecule has 0 unspecified atom stereocenters. The SMILES string of the molecule is CC(=O)OCc1ccc([N+](=O)OCl)cc1. The van der Waals surface area contributed by atoms with Crippen molar-refractivity contribution in [3.63, 3.8) is 0 Å². The number of ether oxygens (including phenoxy) is 1. The van der Waals surface area contributed by atoms with Crippen LogP contribution in [-0.2, 0) is 20.5 Å². The van der Waals surface area contributed by atoms with Gasteiger partial charge in [-0.15, -0.1) is 0 Å². The van der Waals surface area contributed by atoms with E-state index in [1.165, 1.54) is 19.1 Å². The zero-order chi connectivity index (χ0) is 11.3. The summed E-state index contributed by atoms with van der Waals surface area (Å²) in [6.07, 6.45) is 0. The summed E-state index contributed by atoms with van der Waals surface area (Å²) in [5.41, 5.74) is 1.04. The van der Waals surface area contributed by atoms with E-state index < -0.39 is 0 Å². The van der Waals surface area contributed by atoms with Gasteiger partial charge in [-0.25, -0.2) is 0 Å². The van der Waals surface area contributed by atoms with Crippen LogP contribution in [0, 0.1) is 4.91 Å². The number of hydrogen-bond donors (Lipinski definition) is 0. The monoisotopic (exact) mass is 230 g/mol. The van der Waals surface area contributed by atoms with Crippen molar-refractivity contribution in [2.24, 2.45) is 0 Å². The molecule has 6 heteroatoms. The number of benzene rings is 1. The molecule has 1 aromatic carbocycles. The summed E-state index contributed by atoms with van der Waals surface area (Å²) in [6.45, 7) is 1.51. The molecule has 0 aliphatic carbocycles. The van der Waals surface area contributed by atoms with Crippen LogP contribution in [0.2, 0.25) is 0 Å². The van der Waals surface area contributed by atoms with Crippen LogP contribution in [0.15, 0.2) is 24.3 Å². The summed E-state index contributed by atoms with van der Waals surface area (Å²) in [4.78, 5) is 21.6. The van der Waals surface area contributed by atoms with Gasteiger partial charge in [0.1, 0.15) is 6.61 Å². The average molecular weight is 231 g/mol. The maximum absolute atomic E-state index is 10.9. The van der Waals surface area contributed by atoms with Crippen molar-refractivity contribution < 1.29 is 18.8 Å². The summed E-state index contributed by atoms with van der Waals surface area (Å²) < 4.78 is 8.71. The van der Waals surface area contributed by atoms with Gasteiger partial charge in [0.15, 0.2) is 0 Å². The smallest absolute Gasteiger partial charge is 0.318 e. The van der Waals surface area contributed by atoms with Gasteiger partial charge < -0.3 is 4.74 Å². The Morgan fingerprint density at radius 2 is 2.00 bits per heavy atom. The Hall–Kier alpha value is -1.62. The third-order valence-corrected chi connectivity index (χ3v) is 1.78. The van der Waals surface area contributed by atoms with Gasteiger partial charge in [-0.2, -0.15) is 0 Å². The molecule has 0 fully saturated rings. The highest BCUT2D eigenvalue weighted by Gasteiger charge is 2.14. The highest BCUT2D eigenvalue weighted by molar-refractivity contribution is 6.06. The van der Waals surface area contributed by atoms with Crippen molar-refractivity contribution in [2.45, 2.75) is 13.5 Å². The van der Waals surface area contributed by atoms with Crippen LogP contribution < -0.4 is 0 Å². The van der Waals surface area contributed by atoms with Crippen molar-refractivity contribution in [2.75, 3.05) is 0 Å². The largest absolute Gasteiger partial charge is 0.461 e. The van der Waals surface area contributed by atoms with E-state index in [-0.39, 0.29) is 23.2 Å². The lowest BCUT2D eigenvalue weighted by atomic mass is 10.2. The fourth-order valence-electron chi connectivity index (χ4n) is 0.939. The minimum absolute atomic E-state index is 0.164. The predicted octanol–water partition coefficient (Wildman–Crippen LogP) is 2.25. The number of halogens is 1. The second-order valence-electron chi connectivity index (χ2n) is 2.77. The zero-order valence-corrected chi connectivity index (χ0v) is 8.73. The Morgan fingerprint density at radius 3 is 2.47 bits per heavy atom. The van der Waals surface area contributed by atoms with Crippen LogP contribution in [0.5, 0.6) is 0 Å². The quantitative estimate of drug-likeness (QED) is 0.588. The van der Waals surface area contributed by atoms with Gasteiger partial charge in [-0.05, 0) is 17.7 Å². The molecule has 5 nitrogen and oxygen atoms in total. The summed E-state index contributed by atoms with van der Waals surface area (Å²) in [5.74, 6) is -0.353. The van der Waals surface area contributed by atoms with Crippen LogP contribution in [0.4, 0.5) is 5.69 Å². The van der Waals surface area contributed by atoms with Crippen LogP contribution >= 0.6 is 11.9 Å². The predicted molar refractivity (Wildman–Crippen MR) is 52.1 cm³/mol. The lowest BCUT2D eigenvalue weighted by Crippen LogP contribution is -1.99. The first-order chi connectivity index (χ1) is 7.13. The lowest BCUT2D eigenvalue weighted by molar-refractivity contribution is -0.700. The zero-order valence-electron chi connectivity index (χ0n) is 7.97. The van der Waals surface area contributed by atoms with E-state index in [0.29, 0.717) is 0 Å². The van der Waals surface area contributed by atoms with E-state index in [1.807, 2.05) is 0 Å². The highest BCUT2D eigenvalue weighted by atomic mass is 35.5. The summed E-state index contributed by atoms with van der Waals surface area (Å²) in [7, 11) is 0. The topological polar surface area (TPSA) is 55.6 Å². The molecule has 0 saturated heterocycles. The Morgan fingerprint density at radius 1 is 1.40 bits per heavy atom. The van der Waals surface area contributed by atoms with Gasteiger partial charge in [0.05, 0.1) is 4.91 Å². The van der Waals surface area contributed by atoms with E-state index >= 15 is 0 Å². The van der Waals surface area contributed by atoms with E-state index in [4.69, 9.17) is 16.6 Å². The first-order valence-electron chi connectivity index (χ1n) is 4.11. The maximum Gasteiger partial charge on any atom is 0.318 e. The lowest BCUT2D eigenvalue weighted by Gasteiger charge is -2.00. The number of nitrogens with zero attached hydrogens (tertiary/aromatic N) is 1. The van der Waals surface area contributed by atoms with Crippen molar-refractivity contribution in [1.82, 2.24) is 0 Å². The summed E-state index contributed by atoms with van der Waals surface area (Å²) >= 11 is 4.87. The molecule has 0 saturated carbocycles. The van der Waals surface area contributed by atoms with Gasteiger partial charge in [-0.3, -0.25) is 4.79 Å². The van der Waals surface area contributed by atoms with Gasteiger partial charge >= 0.3 is 11.7 Å². The second kappa shape index (κ2) is 5.31. The second-order valence-corrected chi connectivity index (χ2v) is 2.91. The molecule has 1 aromatic rings. The number of carbonyl (C=O) groups excluding carboxylic acids is 1. The van der Waals surface area contributed by atoms with Crippen molar-refractivity contribution >= 4 is 23.5 Å². The molecule has 0 bridgehead atoms. The number of esters is 1. The van der Waals surface area contributed by atoms with Crippen LogP contribution in [0.1, 0.15) is 12.5 Å². The third-order valence-electron chi connectivity index (χ3n) is 1.65. The summed E-state index contributed by atoms with van der Waals surface area (Å²) in [5, 5.41) is 0. The normalized spacial score (nSPS) is 9.47. The van der Waals surface area contributed by atoms with Crippen LogP contribution in [-0.4, -0.2) is 10.9 Å².